The largest absolute Gasteiger partial charge is 0.365 e. The summed E-state index contributed by atoms with van der Waals surface area (Å²) in [6.45, 7) is 1.09. The number of nitrogens with zero attached hydrogens (tertiary/aromatic N) is 3. The highest BCUT2D eigenvalue weighted by molar-refractivity contribution is 14.2. The molecule has 1 aromatic carbocycles. The van der Waals surface area contributed by atoms with Gasteiger partial charge in [-0.3, -0.25) is 10.0 Å². The lowest BCUT2D eigenvalue weighted by molar-refractivity contribution is -0.124. The minimum Gasteiger partial charge on any atom is -0.365 e. The molecule has 0 aromatic heterocycles. The third kappa shape index (κ3) is 4.91. The maximum Gasteiger partial charge on any atom is 0.276 e. The van der Waals surface area contributed by atoms with Crippen molar-refractivity contribution < 1.29 is 25.5 Å². The lowest BCUT2D eigenvalue weighted by atomic mass is 10.1. The minimum absolute atomic E-state index is 0.0129. The molecule has 12 heteroatoms. The van der Waals surface area contributed by atoms with E-state index in [4.69, 9.17) is 5.21 Å². The van der Waals surface area contributed by atoms with Gasteiger partial charge >= 0.3 is 0 Å². The monoisotopic (exact) mass is 586 g/mol. The van der Waals surface area contributed by atoms with E-state index in [1.54, 1.807) is 17.6 Å². The molecule has 0 unspecified atom stereocenters. The molecule has 3 aliphatic rings. The molecule has 0 saturated carbocycles. The normalized spacial score (nSPS) is 28.4. The Balaban J connectivity index is 1.54. The summed E-state index contributed by atoms with van der Waals surface area (Å²) >= 11 is 0.0196. The zero-order chi connectivity index (χ0) is 23.2. The van der Waals surface area contributed by atoms with E-state index in [-0.39, 0.29) is 38.9 Å². The van der Waals surface area contributed by atoms with E-state index >= 15 is 0 Å². The van der Waals surface area contributed by atoms with Gasteiger partial charge in [-0.05, 0) is 37.5 Å². The fourth-order valence-corrected chi connectivity index (χ4v) is 5.96. The number of allylic oxidation sites excluding steroid dienone is 1. The fraction of sp³-hybridized carbons (Fsp3) is 0.400. The zero-order valence-corrected chi connectivity index (χ0v) is 19.9. The van der Waals surface area contributed by atoms with Gasteiger partial charge in [-0.25, -0.2) is 10.5 Å². The molecule has 3 aliphatic heterocycles. The first-order valence-corrected chi connectivity index (χ1v) is 14.7. The first-order valence-electron chi connectivity index (χ1n) is 10.1. The maximum absolute atomic E-state index is 13.9. The van der Waals surface area contributed by atoms with Crippen molar-refractivity contribution in [3.63, 3.8) is 0 Å². The molecule has 32 heavy (non-hydrogen) atoms. The summed E-state index contributed by atoms with van der Waals surface area (Å²) in [4.78, 5) is 19.1. The number of anilines is 1. The first kappa shape index (κ1) is 23.4. The number of rotatable bonds is 3. The molecule has 0 spiro atoms. The predicted molar refractivity (Wildman–Crippen MR) is 125 cm³/mol. The molecule has 1 amide bonds. The Hall–Kier alpha value is -1.80. The van der Waals surface area contributed by atoms with Crippen molar-refractivity contribution in [3.8, 4) is 0 Å². The molecule has 0 radical (unpaired) electrons. The highest BCUT2D eigenvalue weighted by atomic mass is 127. The van der Waals surface area contributed by atoms with Crippen LogP contribution in [-0.2, 0) is 4.79 Å². The summed E-state index contributed by atoms with van der Waals surface area (Å²) in [7, 11) is -8.28. The Morgan fingerprint density at radius 3 is 2.56 bits per heavy atom. The number of hydrogen-bond donors (Lipinski definition) is 2. The van der Waals surface area contributed by atoms with Crippen molar-refractivity contribution in [1.29, 1.82) is 0 Å². The second kappa shape index (κ2) is 7.62. The number of amidine groups is 1. The van der Waals surface area contributed by atoms with Crippen LogP contribution in [0.15, 0.2) is 58.1 Å². The molecular formula is C20H23F4IN4O2S. The van der Waals surface area contributed by atoms with E-state index in [1.165, 1.54) is 12.3 Å². The second-order valence-corrected chi connectivity index (χ2v) is 15.9. The molecule has 4 rings (SSSR count). The number of fused-ring (bicyclic) bond motifs is 2. The van der Waals surface area contributed by atoms with Crippen molar-refractivity contribution in [2.24, 2.45) is 4.99 Å². The number of hydrogen-bond acceptors (Lipinski definition) is 5. The van der Waals surface area contributed by atoms with Gasteiger partial charge in [0.25, 0.3) is 5.91 Å². The summed E-state index contributed by atoms with van der Waals surface area (Å²) in [5.41, 5.74) is 2.21. The van der Waals surface area contributed by atoms with Crippen molar-refractivity contribution in [1.82, 2.24) is 10.4 Å². The van der Waals surface area contributed by atoms with Gasteiger partial charge in [0.2, 0.25) is 7.01 Å². The molecule has 3 heterocycles. The Morgan fingerprint density at radius 2 is 1.91 bits per heavy atom. The molecule has 2 bridgehead atoms. The highest BCUT2D eigenvalue weighted by Crippen LogP contribution is 3.06. The molecule has 2 atom stereocenters. The summed E-state index contributed by atoms with van der Waals surface area (Å²) in [5, 5.41) is 8.89. The minimum atomic E-state index is -8.28. The topological polar surface area (TPSA) is 68.2 Å². The van der Waals surface area contributed by atoms with Crippen LogP contribution in [0.25, 0.3) is 0 Å². The van der Waals surface area contributed by atoms with Crippen LogP contribution in [-0.4, -0.2) is 47.0 Å². The Labute approximate surface area is 195 Å². The molecule has 1 aromatic rings. The third-order valence-corrected chi connectivity index (χ3v) is 8.62. The zero-order valence-electron chi connectivity index (χ0n) is 16.9. The van der Waals surface area contributed by atoms with Gasteiger partial charge in [0, 0.05) is 43.5 Å². The molecule has 2 saturated heterocycles. The van der Waals surface area contributed by atoms with E-state index in [0.29, 0.717) is 25.2 Å². The van der Waals surface area contributed by atoms with Crippen LogP contribution in [0.3, 0.4) is 0 Å². The van der Waals surface area contributed by atoms with Gasteiger partial charge in [0.1, 0.15) is 5.84 Å². The second-order valence-electron chi connectivity index (χ2n) is 8.18. The quantitative estimate of drug-likeness (QED) is 0.210. The van der Waals surface area contributed by atoms with Crippen LogP contribution in [0, 0.1) is 0 Å². The molecule has 176 valence electrons. The van der Waals surface area contributed by atoms with Crippen molar-refractivity contribution >= 4 is 45.6 Å². The van der Waals surface area contributed by atoms with E-state index < -0.39 is 17.8 Å². The lowest BCUT2D eigenvalue weighted by Crippen LogP contribution is -2.48. The SMILES string of the molecule is O=C(NO)C1=C/N=C(N2C[C@@H]3C[C@H]2CN3c2cccc(S(F)(F)(F)(F)I)c2)CCC/C=C\1. The van der Waals surface area contributed by atoms with E-state index in [1.807, 2.05) is 11.0 Å². The van der Waals surface area contributed by atoms with E-state index in [9.17, 15) is 20.3 Å². The predicted octanol–water partition coefficient (Wildman–Crippen LogP) is 5.60. The van der Waals surface area contributed by atoms with Crippen LogP contribution >= 0.6 is 28.2 Å². The van der Waals surface area contributed by atoms with Crippen LogP contribution in [0.1, 0.15) is 25.7 Å². The smallest absolute Gasteiger partial charge is 0.276 e. The Morgan fingerprint density at radius 1 is 1.19 bits per heavy atom. The molecule has 2 fully saturated rings. The van der Waals surface area contributed by atoms with Crippen LogP contribution in [0.5, 0.6) is 0 Å². The van der Waals surface area contributed by atoms with Gasteiger partial charge in [-0.15, -0.1) is 15.5 Å². The van der Waals surface area contributed by atoms with Crippen molar-refractivity contribution in [2.75, 3.05) is 18.0 Å². The number of hydroxylamine groups is 1. The van der Waals surface area contributed by atoms with Gasteiger partial charge in [0.05, 0.1) is 31.7 Å². The standard InChI is InChI=1S/C20H23F4IN4O2S/c21-32(22,23,24,25)18-7-4-6-15(10-18)28-12-17-9-16(28)13-29(17)19-8-3-1-2-5-14(11-26-19)20(30)27-31/h2,4-7,10-11,16-17,31H,1,3,8-9,12-13H2,(H,27,30)/b5-2-,14-11+,26-19?/t16-,17-/m0/s1. The number of halogens is 5. The summed E-state index contributed by atoms with van der Waals surface area (Å²) in [5.74, 6) is 0.167. The number of amides is 1. The van der Waals surface area contributed by atoms with Crippen molar-refractivity contribution in [2.45, 2.75) is 42.7 Å². The van der Waals surface area contributed by atoms with E-state index in [2.05, 4.69) is 9.89 Å². The molecular weight excluding hydrogens is 563 g/mol. The van der Waals surface area contributed by atoms with Crippen LogP contribution in [0.2, 0.25) is 0 Å². The average Bonchev–Trinajstić information content (AvgIpc) is 3.34. The number of piperazine rings is 1. The number of nitrogens with one attached hydrogen (secondary N) is 1. The van der Waals surface area contributed by atoms with Crippen LogP contribution in [0.4, 0.5) is 21.2 Å². The summed E-state index contributed by atoms with van der Waals surface area (Å²) < 4.78 is 55.5. The molecule has 6 nitrogen and oxygen atoms in total. The fourth-order valence-electron chi connectivity index (χ4n) is 4.46. The maximum atomic E-state index is 13.9. The number of carbonyl (C=O) groups excluding carboxylic acids is 1. The molecule has 0 aliphatic carbocycles. The van der Waals surface area contributed by atoms with Gasteiger partial charge < -0.3 is 9.80 Å². The summed E-state index contributed by atoms with van der Waals surface area (Å²) in [6.07, 6.45) is 7.93. The van der Waals surface area contributed by atoms with Gasteiger partial charge in [-0.2, -0.15) is 0 Å². The van der Waals surface area contributed by atoms with Gasteiger partial charge in [0.15, 0.2) is 0 Å². The molecule has 2 N–H and O–H groups in total. The van der Waals surface area contributed by atoms with Crippen molar-refractivity contribution in [3.05, 3.63) is 48.2 Å². The number of aliphatic imine (C=N–C) groups is 1. The number of benzene rings is 1. The van der Waals surface area contributed by atoms with E-state index in [0.717, 1.165) is 37.2 Å². The first-order chi connectivity index (χ1) is 14.9. The lowest BCUT2D eigenvalue weighted by Gasteiger charge is -2.44. The number of carbonyl (C=O) groups is 1. The Bertz CT molecular complexity index is 1030. The summed E-state index contributed by atoms with van der Waals surface area (Å²) in [6, 6.07) is 4.57. The third-order valence-electron chi connectivity index (χ3n) is 5.95. The highest BCUT2D eigenvalue weighted by Gasteiger charge is 2.62. The van der Waals surface area contributed by atoms with Crippen LogP contribution < -0.4 is 10.4 Å². The number of likely N-dealkylation sites (tertiary alicyclic amines) is 1. The van der Waals surface area contributed by atoms with Gasteiger partial charge in [-0.1, -0.05) is 18.2 Å². The average molecular weight is 586 g/mol. The Kier molecular flexibility index (Phi) is 5.56.